The van der Waals surface area contributed by atoms with Crippen LogP contribution in [0.5, 0.6) is 5.75 Å². The number of ether oxygens (including phenoxy) is 1. The van der Waals surface area contributed by atoms with E-state index in [1.54, 1.807) is 0 Å². The number of halogens is 1. The molecule has 0 aliphatic heterocycles. The van der Waals surface area contributed by atoms with Gasteiger partial charge in [-0.3, -0.25) is 0 Å². The predicted octanol–water partition coefficient (Wildman–Crippen LogP) is 2.01. The molecule has 1 aromatic carbocycles. The number of esters is 1. The molecule has 0 N–H and O–H groups in total. The standard InChI is InChI=1S/C13H13FN4O2/c1-8(2)18-12(15-16-17-18)9(3)13(19)20-11-6-4-10(14)5-7-11/h4-8H,3H2,1-2H3. The highest BCUT2D eigenvalue weighted by atomic mass is 19.1. The highest BCUT2D eigenvalue weighted by Crippen LogP contribution is 2.17. The lowest BCUT2D eigenvalue weighted by Crippen LogP contribution is -2.15. The molecular weight excluding hydrogens is 263 g/mol. The average molecular weight is 276 g/mol. The normalized spacial score (nSPS) is 10.6. The Labute approximate surface area is 114 Å². The van der Waals surface area contributed by atoms with E-state index in [-0.39, 0.29) is 23.2 Å². The summed E-state index contributed by atoms with van der Waals surface area (Å²) in [7, 11) is 0. The van der Waals surface area contributed by atoms with Crippen LogP contribution in [0.25, 0.3) is 5.57 Å². The maximum Gasteiger partial charge on any atom is 0.346 e. The number of aromatic nitrogens is 4. The van der Waals surface area contributed by atoms with E-state index in [9.17, 15) is 9.18 Å². The van der Waals surface area contributed by atoms with E-state index in [0.717, 1.165) is 0 Å². The van der Waals surface area contributed by atoms with Crippen LogP contribution in [-0.2, 0) is 4.79 Å². The van der Waals surface area contributed by atoms with Gasteiger partial charge in [-0.2, -0.15) is 0 Å². The second kappa shape index (κ2) is 5.60. The Balaban J connectivity index is 2.14. The third-order valence-corrected chi connectivity index (χ3v) is 2.52. The first-order valence-corrected chi connectivity index (χ1v) is 5.94. The number of hydrogen-bond acceptors (Lipinski definition) is 5. The summed E-state index contributed by atoms with van der Waals surface area (Å²) < 4.78 is 19.3. The van der Waals surface area contributed by atoms with Gasteiger partial charge in [0.25, 0.3) is 0 Å². The molecule has 0 saturated heterocycles. The highest BCUT2D eigenvalue weighted by molar-refractivity contribution is 6.15. The van der Waals surface area contributed by atoms with Crippen molar-refractivity contribution in [1.82, 2.24) is 20.2 Å². The van der Waals surface area contributed by atoms with Gasteiger partial charge < -0.3 is 4.74 Å². The molecule has 2 aromatic rings. The highest BCUT2D eigenvalue weighted by Gasteiger charge is 2.20. The molecule has 0 unspecified atom stereocenters. The minimum Gasteiger partial charge on any atom is -0.423 e. The molecule has 6 nitrogen and oxygen atoms in total. The Morgan fingerprint density at radius 3 is 2.60 bits per heavy atom. The fourth-order valence-corrected chi connectivity index (χ4v) is 1.50. The second-order valence-corrected chi connectivity index (χ2v) is 4.36. The van der Waals surface area contributed by atoms with Crippen LogP contribution in [0.2, 0.25) is 0 Å². The van der Waals surface area contributed by atoms with Crippen molar-refractivity contribution in [3.8, 4) is 5.75 Å². The largest absolute Gasteiger partial charge is 0.423 e. The van der Waals surface area contributed by atoms with Crippen molar-refractivity contribution in [2.45, 2.75) is 19.9 Å². The van der Waals surface area contributed by atoms with Crippen LogP contribution in [0.1, 0.15) is 25.7 Å². The third-order valence-electron chi connectivity index (χ3n) is 2.52. The molecule has 0 atom stereocenters. The maximum atomic E-state index is 12.8. The fraction of sp³-hybridized carbons (Fsp3) is 0.231. The summed E-state index contributed by atoms with van der Waals surface area (Å²) in [6.07, 6.45) is 0. The molecule has 0 amide bonds. The van der Waals surface area contributed by atoms with Crippen molar-refractivity contribution in [2.24, 2.45) is 0 Å². The van der Waals surface area contributed by atoms with Crippen molar-refractivity contribution in [2.75, 3.05) is 0 Å². The monoisotopic (exact) mass is 276 g/mol. The Morgan fingerprint density at radius 2 is 2.00 bits per heavy atom. The van der Waals surface area contributed by atoms with E-state index in [1.807, 2.05) is 13.8 Å². The van der Waals surface area contributed by atoms with Gasteiger partial charge in [-0.05, 0) is 48.5 Å². The lowest BCUT2D eigenvalue weighted by Gasteiger charge is -2.09. The van der Waals surface area contributed by atoms with E-state index in [2.05, 4.69) is 22.1 Å². The van der Waals surface area contributed by atoms with Crippen molar-refractivity contribution in [3.05, 3.63) is 42.5 Å². The first-order chi connectivity index (χ1) is 9.49. The molecule has 2 rings (SSSR count). The molecule has 0 bridgehead atoms. The van der Waals surface area contributed by atoms with Gasteiger partial charge in [-0.1, -0.05) is 6.58 Å². The zero-order valence-corrected chi connectivity index (χ0v) is 11.1. The lowest BCUT2D eigenvalue weighted by atomic mass is 10.2. The SMILES string of the molecule is C=C(C(=O)Oc1ccc(F)cc1)c1nnnn1C(C)C. The second-order valence-electron chi connectivity index (χ2n) is 4.36. The van der Waals surface area contributed by atoms with Crippen molar-refractivity contribution < 1.29 is 13.9 Å². The predicted molar refractivity (Wildman–Crippen MR) is 69.3 cm³/mol. The molecule has 0 spiro atoms. The molecular formula is C13H13FN4O2. The van der Waals surface area contributed by atoms with Gasteiger partial charge in [0, 0.05) is 0 Å². The number of carbonyl (C=O) groups is 1. The number of benzene rings is 1. The quantitative estimate of drug-likeness (QED) is 0.485. The summed E-state index contributed by atoms with van der Waals surface area (Å²) in [5, 5.41) is 11.0. The van der Waals surface area contributed by atoms with Crippen molar-refractivity contribution in [3.63, 3.8) is 0 Å². The number of tetrazole rings is 1. The zero-order valence-electron chi connectivity index (χ0n) is 11.1. The first-order valence-electron chi connectivity index (χ1n) is 5.94. The van der Waals surface area contributed by atoms with E-state index in [1.165, 1.54) is 28.9 Å². The summed E-state index contributed by atoms with van der Waals surface area (Å²) in [6, 6.07) is 5.08. The number of rotatable bonds is 4. The Hall–Kier alpha value is -2.57. The van der Waals surface area contributed by atoms with Gasteiger partial charge >= 0.3 is 5.97 Å². The molecule has 7 heteroatoms. The van der Waals surface area contributed by atoms with E-state index < -0.39 is 11.8 Å². The van der Waals surface area contributed by atoms with Crippen LogP contribution in [0.15, 0.2) is 30.8 Å². The van der Waals surface area contributed by atoms with Crippen LogP contribution in [0, 0.1) is 5.82 Å². The topological polar surface area (TPSA) is 69.9 Å². The summed E-state index contributed by atoms with van der Waals surface area (Å²) >= 11 is 0. The molecule has 1 aromatic heterocycles. The van der Waals surface area contributed by atoms with Gasteiger partial charge in [-0.25, -0.2) is 13.9 Å². The molecule has 0 fully saturated rings. The van der Waals surface area contributed by atoms with Gasteiger partial charge in [0.1, 0.15) is 11.6 Å². The molecule has 0 aliphatic carbocycles. The molecule has 0 aliphatic rings. The number of carbonyl (C=O) groups excluding carboxylic acids is 1. The van der Waals surface area contributed by atoms with Gasteiger partial charge in [-0.15, -0.1) is 5.10 Å². The van der Waals surface area contributed by atoms with E-state index in [0.29, 0.717) is 0 Å². The number of nitrogens with zero attached hydrogens (tertiary/aromatic N) is 4. The molecule has 0 radical (unpaired) electrons. The summed E-state index contributed by atoms with van der Waals surface area (Å²) in [4.78, 5) is 11.9. The summed E-state index contributed by atoms with van der Waals surface area (Å²) in [5.41, 5.74) is 0.0352. The van der Waals surface area contributed by atoms with Crippen LogP contribution in [0.3, 0.4) is 0 Å². The fourth-order valence-electron chi connectivity index (χ4n) is 1.50. The average Bonchev–Trinajstić information content (AvgIpc) is 2.90. The lowest BCUT2D eigenvalue weighted by molar-refractivity contribution is -0.127. The van der Waals surface area contributed by atoms with Crippen LogP contribution in [0.4, 0.5) is 4.39 Å². The van der Waals surface area contributed by atoms with Crippen molar-refractivity contribution >= 4 is 11.5 Å². The molecule has 20 heavy (non-hydrogen) atoms. The minimum absolute atomic E-state index is 0.0182. The van der Waals surface area contributed by atoms with Gasteiger partial charge in [0.05, 0.1) is 11.6 Å². The zero-order chi connectivity index (χ0) is 14.7. The van der Waals surface area contributed by atoms with Crippen molar-refractivity contribution in [1.29, 1.82) is 0 Å². The van der Waals surface area contributed by atoms with Gasteiger partial charge in [0.15, 0.2) is 5.82 Å². The van der Waals surface area contributed by atoms with Gasteiger partial charge in [0.2, 0.25) is 0 Å². The Morgan fingerprint density at radius 1 is 1.35 bits per heavy atom. The summed E-state index contributed by atoms with van der Waals surface area (Å²) in [6.45, 7) is 7.39. The molecule has 1 heterocycles. The van der Waals surface area contributed by atoms with Crippen LogP contribution < -0.4 is 4.74 Å². The minimum atomic E-state index is -0.687. The molecule has 104 valence electrons. The maximum absolute atomic E-state index is 12.8. The molecule has 0 saturated carbocycles. The Bertz CT molecular complexity index is 634. The Kier molecular flexibility index (Phi) is 3.88. The number of hydrogen-bond donors (Lipinski definition) is 0. The van der Waals surface area contributed by atoms with E-state index in [4.69, 9.17) is 4.74 Å². The smallest absolute Gasteiger partial charge is 0.346 e. The summed E-state index contributed by atoms with van der Waals surface area (Å²) in [5.74, 6) is -0.631. The first kappa shape index (κ1) is 13.9. The third kappa shape index (κ3) is 2.87. The van der Waals surface area contributed by atoms with Crippen LogP contribution >= 0.6 is 0 Å². The van der Waals surface area contributed by atoms with E-state index >= 15 is 0 Å². The van der Waals surface area contributed by atoms with Crippen LogP contribution in [-0.4, -0.2) is 26.2 Å².